The predicted octanol–water partition coefficient (Wildman–Crippen LogP) is 0.633. The molecule has 2 saturated heterocycles. The summed E-state index contributed by atoms with van der Waals surface area (Å²) in [6.07, 6.45) is 5.26. The van der Waals surface area contributed by atoms with Gasteiger partial charge >= 0.3 is 0 Å². The van der Waals surface area contributed by atoms with Crippen molar-refractivity contribution >= 4 is 11.8 Å². The fourth-order valence-electron chi connectivity index (χ4n) is 3.40. The van der Waals surface area contributed by atoms with Gasteiger partial charge in [-0.15, -0.1) is 0 Å². The number of carbonyl (C=O) groups excluding carboxylic acids is 2. The highest BCUT2D eigenvalue weighted by Crippen LogP contribution is 2.36. The molecule has 0 radical (unpaired) electrons. The number of amides is 2. The largest absolute Gasteiger partial charge is 0.368 e. The Labute approximate surface area is 114 Å². The highest BCUT2D eigenvalue weighted by molar-refractivity contribution is 5.89. The van der Waals surface area contributed by atoms with Crippen LogP contribution in [0.3, 0.4) is 0 Å². The molecule has 3 N–H and O–H groups in total. The van der Waals surface area contributed by atoms with Crippen molar-refractivity contribution in [2.24, 2.45) is 11.1 Å². The number of likely N-dealkylation sites (tertiary alicyclic amines) is 1. The number of carbonyl (C=O) groups is 2. The SMILES string of the molecule is CCC1(C(=O)N2CCCCC2C(N)=O)CCNCC1. The van der Waals surface area contributed by atoms with Crippen molar-refractivity contribution in [2.75, 3.05) is 19.6 Å². The van der Waals surface area contributed by atoms with Gasteiger partial charge in [0.15, 0.2) is 0 Å². The summed E-state index contributed by atoms with van der Waals surface area (Å²) in [6, 6.07) is -0.389. The van der Waals surface area contributed by atoms with E-state index in [0.717, 1.165) is 51.6 Å². The minimum absolute atomic E-state index is 0.153. The van der Waals surface area contributed by atoms with Crippen LogP contribution in [0.25, 0.3) is 0 Å². The lowest BCUT2D eigenvalue weighted by Gasteiger charge is -2.43. The first-order chi connectivity index (χ1) is 9.10. The van der Waals surface area contributed by atoms with Gasteiger partial charge in [-0.1, -0.05) is 6.92 Å². The van der Waals surface area contributed by atoms with Gasteiger partial charge in [-0.2, -0.15) is 0 Å². The third-order valence-electron chi connectivity index (χ3n) is 4.78. The van der Waals surface area contributed by atoms with Crippen LogP contribution in [0.15, 0.2) is 0 Å². The van der Waals surface area contributed by atoms with E-state index in [1.165, 1.54) is 0 Å². The number of hydrogen-bond donors (Lipinski definition) is 2. The lowest BCUT2D eigenvalue weighted by Crippen LogP contribution is -2.56. The number of primary amides is 1. The zero-order valence-corrected chi connectivity index (χ0v) is 11.8. The lowest BCUT2D eigenvalue weighted by molar-refractivity contribution is -0.151. The first-order valence-corrected chi connectivity index (χ1v) is 7.42. The van der Waals surface area contributed by atoms with E-state index in [0.29, 0.717) is 6.54 Å². The van der Waals surface area contributed by atoms with Crippen LogP contribution in [-0.4, -0.2) is 42.4 Å². The molecule has 5 nitrogen and oxygen atoms in total. The molecule has 2 aliphatic heterocycles. The zero-order valence-electron chi connectivity index (χ0n) is 11.8. The predicted molar refractivity (Wildman–Crippen MR) is 73.4 cm³/mol. The van der Waals surface area contributed by atoms with Gasteiger partial charge < -0.3 is 16.0 Å². The molecule has 2 amide bonds. The fraction of sp³-hybridized carbons (Fsp3) is 0.857. The van der Waals surface area contributed by atoms with Gasteiger partial charge in [0.05, 0.1) is 5.41 Å². The molecule has 108 valence electrons. The normalized spacial score (nSPS) is 27.0. The van der Waals surface area contributed by atoms with Crippen LogP contribution >= 0.6 is 0 Å². The van der Waals surface area contributed by atoms with Crippen molar-refractivity contribution in [1.29, 1.82) is 0 Å². The molecule has 1 atom stereocenters. The average Bonchev–Trinajstić information content (AvgIpc) is 2.47. The van der Waals surface area contributed by atoms with Crippen LogP contribution in [0, 0.1) is 5.41 Å². The summed E-state index contributed by atoms with van der Waals surface area (Å²) < 4.78 is 0. The Bertz CT molecular complexity index is 351. The third kappa shape index (κ3) is 2.76. The average molecular weight is 267 g/mol. The Morgan fingerprint density at radius 2 is 2.00 bits per heavy atom. The van der Waals surface area contributed by atoms with E-state index in [9.17, 15) is 9.59 Å². The number of rotatable bonds is 3. The Kier molecular flexibility index (Phi) is 4.45. The maximum absolute atomic E-state index is 12.9. The molecule has 2 fully saturated rings. The topological polar surface area (TPSA) is 75.4 Å². The number of piperidine rings is 2. The number of nitrogens with zero attached hydrogens (tertiary/aromatic N) is 1. The van der Waals surface area contributed by atoms with Crippen LogP contribution in [0.4, 0.5) is 0 Å². The second-order valence-electron chi connectivity index (χ2n) is 5.80. The molecule has 0 saturated carbocycles. The van der Waals surface area contributed by atoms with Crippen molar-refractivity contribution in [2.45, 2.75) is 51.5 Å². The van der Waals surface area contributed by atoms with E-state index in [-0.39, 0.29) is 23.3 Å². The van der Waals surface area contributed by atoms with E-state index < -0.39 is 0 Å². The summed E-state index contributed by atoms with van der Waals surface area (Å²) in [5.41, 5.74) is 5.18. The van der Waals surface area contributed by atoms with Crippen molar-refractivity contribution < 1.29 is 9.59 Å². The molecule has 0 aromatic heterocycles. The zero-order chi connectivity index (χ0) is 13.9. The highest BCUT2D eigenvalue weighted by Gasteiger charge is 2.43. The number of hydrogen-bond acceptors (Lipinski definition) is 3. The molecule has 1 unspecified atom stereocenters. The van der Waals surface area contributed by atoms with Crippen LogP contribution in [0.2, 0.25) is 0 Å². The number of nitrogens with two attached hydrogens (primary N) is 1. The van der Waals surface area contributed by atoms with Crippen LogP contribution in [0.1, 0.15) is 45.4 Å². The minimum Gasteiger partial charge on any atom is -0.368 e. The molecule has 0 aromatic carbocycles. The molecular weight excluding hydrogens is 242 g/mol. The van der Waals surface area contributed by atoms with Gasteiger partial charge in [-0.3, -0.25) is 9.59 Å². The van der Waals surface area contributed by atoms with Crippen LogP contribution < -0.4 is 11.1 Å². The standard InChI is InChI=1S/C14H25N3O2/c1-2-14(6-8-16-9-7-14)13(19)17-10-4-3-5-11(17)12(15)18/h11,16H,2-10H2,1H3,(H2,15,18). The summed E-state index contributed by atoms with van der Waals surface area (Å²) in [5.74, 6) is -0.201. The molecule has 2 aliphatic rings. The maximum Gasteiger partial charge on any atom is 0.240 e. The number of nitrogens with one attached hydrogen (secondary N) is 1. The molecule has 5 heteroatoms. The molecule has 0 aromatic rings. The maximum atomic E-state index is 12.9. The Balaban J connectivity index is 2.17. The van der Waals surface area contributed by atoms with Gasteiger partial charge in [-0.25, -0.2) is 0 Å². The first kappa shape index (κ1) is 14.3. The van der Waals surface area contributed by atoms with Gasteiger partial charge in [0.1, 0.15) is 6.04 Å². The molecule has 0 bridgehead atoms. The third-order valence-corrected chi connectivity index (χ3v) is 4.78. The molecule has 19 heavy (non-hydrogen) atoms. The van der Waals surface area contributed by atoms with Crippen LogP contribution in [-0.2, 0) is 9.59 Å². The molecular formula is C14H25N3O2. The van der Waals surface area contributed by atoms with Gasteiger partial charge in [0.2, 0.25) is 11.8 Å². The van der Waals surface area contributed by atoms with E-state index in [1.807, 2.05) is 0 Å². The van der Waals surface area contributed by atoms with Crippen molar-refractivity contribution in [1.82, 2.24) is 10.2 Å². The fourth-order valence-corrected chi connectivity index (χ4v) is 3.40. The quantitative estimate of drug-likeness (QED) is 0.787. The minimum atomic E-state index is -0.389. The van der Waals surface area contributed by atoms with Gasteiger partial charge in [0.25, 0.3) is 0 Å². The van der Waals surface area contributed by atoms with Crippen LogP contribution in [0.5, 0.6) is 0 Å². The Hall–Kier alpha value is -1.10. The first-order valence-electron chi connectivity index (χ1n) is 7.42. The molecule has 2 heterocycles. The molecule has 2 rings (SSSR count). The van der Waals surface area contributed by atoms with Gasteiger partial charge in [0, 0.05) is 6.54 Å². The van der Waals surface area contributed by atoms with E-state index >= 15 is 0 Å². The highest BCUT2D eigenvalue weighted by atomic mass is 16.2. The molecule has 0 aliphatic carbocycles. The van der Waals surface area contributed by atoms with Crippen molar-refractivity contribution in [3.05, 3.63) is 0 Å². The van der Waals surface area contributed by atoms with E-state index in [1.54, 1.807) is 4.90 Å². The second kappa shape index (κ2) is 5.90. The Morgan fingerprint density at radius 1 is 1.32 bits per heavy atom. The van der Waals surface area contributed by atoms with E-state index in [2.05, 4.69) is 12.2 Å². The smallest absolute Gasteiger partial charge is 0.240 e. The summed E-state index contributed by atoms with van der Waals surface area (Å²) in [5, 5.41) is 3.30. The monoisotopic (exact) mass is 267 g/mol. The summed E-state index contributed by atoms with van der Waals surface area (Å²) >= 11 is 0. The summed E-state index contributed by atoms with van der Waals surface area (Å²) in [6.45, 7) is 4.53. The molecule has 0 spiro atoms. The van der Waals surface area contributed by atoms with E-state index in [4.69, 9.17) is 5.73 Å². The van der Waals surface area contributed by atoms with Crippen molar-refractivity contribution in [3.63, 3.8) is 0 Å². The van der Waals surface area contributed by atoms with Gasteiger partial charge in [-0.05, 0) is 51.6 Å². The summed E-state index contributed by atoms with van der Waals surface area (Å²) in [4.78, 5) is 26.2. The van der Waals surface area contributed by atoms with Crippen molar-refractivity contribution in [3.8, 4) is 0 Å². The lowest BCUT2D eigenvalue weighted by atomic mass is 9.74. The second-order valence-corrected chi connectivity index (χ2v) is 5.80. The summed E-state index contributed by atoms with van der Waals surface area (Å²) in [7, 11) is 0. The Morgan fingerprint density at radius 3 is 2.58 bits per heavy atom.